The largest absolute Gasteiger partial charge is 0.350 e. The Morgan fingerprint density at radius 3 is 2.28 bits per heavy atom. The Morgan fingerprint density at radius 1 is 0.906 bits per heavy atom. The number of aromatic amines is 1. The van der Waals surface area contributed by atoms with E-state index in [1.165, 1.54) is 44.8 Å². The molecule has 6 heteroatoms. The Balaban J connectivity index is 1.16. The molecule has 2 aliphatic heterocycles. The predicted molar refractivity (Wildman–Crippen MR) is 128 cm³/mol. The van der Waals surface area contributed by atoms with Crippen molar-refractivity contribution in [2.24, 2.45) is 0 Å². The van der Waals surface area contributed by atoms with Crippen LogP contribution in [-0.4, -0.2) is 66.0 Å². The number of carbonyl (C=O) groups excluding carboxylic acids is 1. The second-order valence-electron chi connectivity index (χ2n) is 9.39. The SMILES string of the molecule is O=C(NC1CCN(CCN2CCCCCC2)CC1)c1cc2c(cc(F)c3ccccc32)[nH]1. The van der Waals surface area contributed by atoms with Gasteiger partial charge in [0, 0.05) is 48.5 Å². The predicted octanol–water partition coefficient (Wildman–Crippen LogP) is 4.53. The first-order valence-electron chi connectivity index (χ1n) is 12.1. The van der Waals surface area contributed by atoms with Crippen LogP contribution in [0.2, 0.25) is 0 Å². The number of H-pyrrole nitrogens is 1. The molecule has 0 radical (unpaired) electrons. The monoisotopic (exact) mass is 436 g/mol. The summed E-state index contributed by atoms with van der Waals surface area (Å²) in [7, 11) is 0. The van der Waals surface area contributed by atoms with Gasteiger partial charge in [0.1, 0.15) is 11.5 Å². The van der Waals surface area contributed by atoms with E-state index in [1.54, 1.807) is 6.07 Å². The van der Waals surface area contributed by atoms with Gasteiger partial charge in [-0.15, -0.1) is 0 Å². The van der Waals surface area contributed by atoms with E-state index >= 15 is 0 Å². The lowest BCUT2D eigenvalue weighted by Gasteiger charge is -2.33. The maximum absolute atomic E-state index is 14.4. The molecule has 1 aromatic heterocycles. The summed E-state index contributed by atoms with van der Waals surface area (Å²) in [5.74, 6) is -0.372. The summed E-state index contributed by atoms with van der Waals surface area (Å²) in [6.07, 6.45) is 7.38. The third kappa shape index (κ3) is 4.66. The lowest BCUT2D eigenvalue weighted by molar-refractivity contribution is 0.0902. The van der Waals surface area contributed by atoms with Gasteiger partial charge in [-0.05, 0) is 56.3 Å². The molecule has 5 nitrogen and oxygen atoms in total. The van der Waals surface area contributed by atoms with Crippen LogP contribution >= 0.6 is 0 Å². The van der Waals surface area contributed by atoms with Crippen LogP contribution in [0.25, 0.3) is 21.7 Å². The van der Waals surface area contributed by atoms with Crippen LogP contribution in [0.1, 0.15) is 49.0 Å². The normalized spacial score (nSPS) is 19.4. The van der Waals surface area contributed by atoms with Gasteiger partial charge in [-0.3, -0.25) is 4.79 Å². The maximum atomic E-state index is 14.4. The van der Waals surface area contributed by atoms with Crippen LogP contribution in [0, 0.1) is 5.82 Å². The summed E-state index contributed by atoms with van der Waals surface area (Å²) < 4.78 is 14.4. The third-order valence-corrected chi connectivity index (χ3v) is 7.19. The first kappa shape index (κ1) is 21.4. The molecule has 2 N–H and O–H groups in total. The summed E-state index contributed by atoms with van der Waals surface area (Å²) >= 11 is 0. The zero-order chi connectivity index (χ0) is 21.9. The van der Waals surface area contributed by atoms with Gasteiger partial charge in [0.2, 0.25) is 0 Å². The van der Waals surface area contributed by atoms with Crippen LogP contribution in [0.5, 0.6) is 0 Å². The molecule has 0 bridgehead atoms. The topological polar surface area (TPSA) is 51.4 Å². The summed E-state index contributed by atoms with van der Waals surface area (Å²) in [5.41, 5.74) is 1.16. The number of carbonyl (C=O) groups is 1. The van der Waals surface area contributed by atoms with Crippen molar-refractivity contribution in [3.8, 4) is 0 Å². The van der Waals surface area contributed by atoms with Gasteiger partial charge in [0.25, 0.3) is 5.91 Å². The number of rotatable bonds is 5. The molecule has 0 atom stereocenters. The Bertz CT molecular complexity index is 1080. The smallest absolute Gasteiger partial charge is 0.267 e. The Labute approximate surface area is 188 Å². The number of aromatic nitrogens is 1. The minimum absolute atomic E-state index is 0.103. The van der Waals surface area contributed by atoms with Crippen LogP contribution in [0.3, 0.4) is 0 Å². The molecule has 3 aromatic rings. The number of piperidine rings is 1. The van der Waals surface area contributed by atoms with Crippen LogP contribution < -0.4 is 5.32 Å². The molecule has 0 aliphatic carbocycles. The highest BCUT2D eigenvalue weighted by Crippen LogP contribution is 2.28. The van der Waals surface area contributed by atoms with Crippen LogP contribution in [-0.2, 0) is 0 Å². The minimum Gasteiger partial charge on any atom is -0.350 e. The average molecular weight is 437 g/mol. The molecule has 32 heavy (non-hydrogen) atoms. The Kier molecular flexibility index (Phi) is 6.42. The summed E-state index contributed by atoms with van der Waals surface area (Å²) in [6.45, 7) is 6.84. The number of halogens is 1. The maximum Gasteiger partial charge on any atom is 0.267 e. The Morgan fingerprint density at radius 2 is 1.56 bits per heavy atom. The van der Waals surface area contributed by atoms with Gasteiger partial charge in [0.05, 0.1) is 0 Å². The summed E-state index contributed by atoms with van der Waals surface area (Å²) in [5, 5.41) is 5.49. The highest BCUT2D eigenvalue weighted by Gasteiger charge is 2.22. The van der Waals surface area contributed by atoms with Crippen molar-refractivity contribution in [3.63, 3.8) is 0 Å². The van der Waals surface area contributed by atoms with Crippen molar-refractivity contribution in [3.05, 3.63) is 47.9 Å². The van der Waals surface area contributed by atoms with E-state index in [1.807, 2.05) is 24.3 Å². The third-order valence-electron chi connectivity index (χ3n) is 7.19. The van der Waals surface area contributed by atoms with Gasteiger partial charge in [-0.2, -0.15) is 0 Å². The number of hydrogen-bond acceptors (Lipinski definition) is 3. The minimum atomic E-state index is -0.269. The number of fused-ring (bicyclic) bond motifs is 3. The van der Waals surface area contributed by atoms with Gasteiger partial charge in [-0.25, -0.2) is 4.39 Å². The number of hydrogen-bond donors (Lipinski definition) is 2. The van der Waals surface area contributed by atoms with Crippen molar-refractivity contribution >= 4 is 27.6 Å². The first-order chi connectivity index (χ1) is 15.7. The van der Waals surface area contributed by atoms with Crippen molar-refractivity contribution in [1.29, 1.82) is 0 Å². The highest BCUT2D eigenvalue weighted by atomic mass is 19.1. The highest BCUT2D eigenvalue weighted by molar-refractivity contribution is 6.10. The van der Waals surface area contributed by atoms with Gasteiger partial charge < -0.3 is 20.1 Å². The lowest BCUT2D eigenvalue weighted by Crippen LogP contribution is -2.46. The second-order valence-corrected chi connectivity index (χ2v) is 9.39. The standard InChI is InChI=1S/C26H33FN4O/c27-23-18-24-22(20-7-3-4-8-21(20)23)17-25(29-24)26(32)28-19-9-13-31(14-10-19)16-15-30-11-5-1-2-6-12-30/h3-4,7-8,17-19,29H,1-2,5-6,9-16H2,(H,28,32). The van der Waals surface area contributed by atoms with Crippen LogP contribution in [0.15, 0.2) is 36.4 Å². The van der Waals surface area contributed by atoms with Crippen molar-refractivity contribution in [1.82, 2.24) is 20.1 Å². The number of benzene rings is 2. The fourth-order valence-corrected chi connectivity index (χ4v) is 5.27. The van der Waals surface area contributed by atoms with E-state index in [-0.39, 0.29) is 17.8 Å². The van der Waals surface area contributed by atoms with Crippen molar-refractivity contribution < 1.29 is 9.18 Å². The lowest BCUT2D eigenvalue weighted by atomic mass is 10.0. The fraction of sp³-hybridized carbons (Fsp3) is 0.500. The molecule has 2 aliphatic rings. The number of likely N-dealkylation sites (tertiary alicyclic amines) is 2. The molecule has 0 spiro atoms. The molecule has 2 aromatic carbocycles. The number of nitrogens with zero attached hydrogens (tertiary/aromatic N) is 2. The van der Waals surface area contributed by atoms with E-state index in [4.69, 9.17) is 0 Å². The number of amides is 1. The van der Waals surface area contributed by atoms with Crippen molar-refractivity contribution in [2.75, 3.05) is 39.3 Å². The molecule has 2 saturated heterocycles. The summed E-state index contributed by atoms with van der Waals surface area (Å²) in [6, 6.07) is 10.9. The van der Waals surface area contributed by atoms with Gasteiger partial charge in [-0.1, -0.05) is 37.1 Å². The van der Waals surface area contributed by atoms with E-state index < -0.39 is 0 Å². The molecule has 170 valence electrons. The van der Waals surface area contributed by atoms with Crippen molar-refractivity contribution in [2.45, 2.75) is 44.6 Å². The van der Waals surface area contributed by atoms with E-state index in [9.17, 15) is 9.18 Å². The molecule has 5 rings (SSSR count). The summed E-state index contributed by atoms with van der Waals surface area (Å²) in [4.78, 5) is 21.2. The molecule has 0 saturated carbocycles. The molecule has 0 unspecified atom stereocenters. The molecule has 3 heterocycles. The zero-order valence-electron chi connectivity index (χ0n) is 18.7. The fourth-order valence-electron chi connectivity index (χ4n) is 5.27. The number of nitrogens with one attached hydrogen (secondary N) is 2. The quantitative estimate of drug-likeness (QED) is 0.618. The van der Waals surface area contributed by atoms with Gasteiger partial charge >= 0.3 is 0 Å². The van der Waals surface area contributed by atoms with E-state index in [2.05, 4.69) is 20.1 Å². The van der Waals surface area contributed by atoms with E-state index in [0.717, 1.165) is 49.8 Å². The molecule has 2 fully saturated rings. The van der Waals surface area contributed by atoms with Gasteiger partial charge in [0.15, 0.2) is 0 Å². The average Bonchev–Trinajstić information content (AvgIpc) is 3.07. The molecular formula is C26H33FN4O. The molecular weight excluding hydrogens is 403 g/mol. The first-order valence-corrected chi connectivity index (χ1v) is 12.1. The zero-order valence-corrected chi connectivity index (χ0v) is 18.7. The Hall–Kier alpha value is -2.44. The second kappa shape index (κ2) is 9.59. The molecule has 1 amide bonds. The van der Waals surface area contributed by atoms with Crippen LogP contribution in [0.4, 0.5) is 4.39 Å². The van der Waals surface area contributed by atoms with E-state index in [0.29, 0.717) is 16.6 Å².